The van der Waals surface area contributed by atoms with Crippen LogP contribution in [-0.2, 0) is 14.3 Å². The highest BCUT2D eigenvalue weighted by molar-refractivity contribution is 5.76. The molecule has 0 radical (unpaired) electrons. The van der Waals surface area contributed by atoms with Gasteiger partial charge in [-0.15, -0.1) is 0 Å². The summed E-state index contributed by atoms with van der Waals surface area (Å²) in [5.74, 6) is -0.0652. The predicted octanol–water partition coefficient (Wildman–Crippen LogP) is 18.4. The number of aliphatic hydroxyl groups is 2. The highest BCUT2D eigenvalue weighted by Crippen LogP contribution is 2.17. The Kier molecular flexibility index (Phi) is 55.0. The third-order valence-electron chi connectivity index (χ3n) is 13.7. The van der Waals surface area contributed by atoms with Gasteiger partial charge in [0.2, 0.25) is 5.91 Å². The molecule has 1 amide bonds. The Bertz CT molecular complexity index is 1090. The first-order valence-electron chi connectivity index (χ1n) is 29.8. The van der Waals surface area contributed by atoms with Gasteiger partial charge in [-0.05, 0) is 57.8 Å². The maximum absolute atomic E-state index is 12.4. The van der Waals surface area contributed by atoms with Gasteiger partial charge in [0.15, 0.2) is 0 Å². The minimum Gasteiger partial charge on any atom is -0.466 e. The number of hydrogen-bond acceptors (Lipinski definition) is 5. The molecular weight excluding hydrogens is 827 g/mol. The van der Waals surface area contributed by atoms with Crippen molar-refractivity contribution in [3.05, 3.63) is 36.5 Å². The van der Waals surface area contributed by atoms with Crippen molar-refractivity contribution in [2.24, 2.45) is 0 Å². The maximum atomic E-state index is 12.4. The molecule has 0 aromatic rings. The second kappa shape index (κ2) is 56.7. The molecule has 6 heteroatoms. The van der Waals surface area contributed by atoms with E-state index in [9.17, 15) is 19.8 Å². The van der Waals surface area contributed by atoms with Crippen LogP contribution in [0.2, 0.25) is 0 Å². The Labute approximate surface area is 417 Å². The highest BCUT2D eigenvalue weighted by atomic mass is 16.5. The highest BCUT2D eigenvalue weighted by Gasteiger charge is 2.18. The van der Waals surface area contributed by atoms with Gasteiger partial charge in [0.25, 0.3) is 0 Å². The minimum atomic E-state index is -0.840. The second-order valence-electron chi connectivity index (χ2n) is 20.3. The van der Waals surface area contributed by atoms with Crippen molar-refractivity contribution in [1.82, 2.24) is 5.32 Å². The fraction of sp³-hybridized carbons (Fsp3) is 0.869. The number of hydrogen-bond donors (Lipinski definition) is 3. The molecule has 2 atom stereocenters. The number of ether oxygens (including phenoxy) is 1. The number of aliphatic hydroxyl groups excluding tert-OH is 2. The number of unbranched alkanes of at least 4 members (excludes halogenated alkanes) is 40. The van der Waals surface area contributed by atoms with Crippen molar-refractivity contribution in [3.8, 4) is 0 Å². The normalized spacial score (nSPS) is 12.8. The van der Waals surface area contributed by atoms with Crippen LogP contribution in [0.3, 0.4) is 0 Å². The molecule has 0 aromatic carbocycles. The van der Waals surface area contributed by atoms with Gasteiger partial charge >= 0.3 is 5.97 Å². The van der Waals surface area contributed by atoms with Gasteiger partial charge in [0.1, 0.15) is 0 Å². The van der Waals surface area contributed by atoms with E-state index >= 15 is 0 Å². The van der Waals surface area contributed by atoms with Gasteiger partial charge in [-0.25, -0.2) is 0 Å². The third kappa shape index (κ3) is 53.3. The van der Waals surface area contributed by atoms with Crippen molar-refractivity contribution in [3.63, 3.8) is 0 Å². The Morgan fingerprint density at radius 2 is 0.761 bits per heavy atom. The molecule has 2 unspecified atom stereocenters. The van der Waals surface area contributed by atoms with Crippen LogP contribution in [0.15, 0.2) is 36.5 Å². The number of allylic oxidation sites excluding steroid dienone is 5. The third-order valence-corrected chi connectivity index (χ3v) is 13.7. The Morgan fingerprint density at radius 3 is 1.18 bits per heavy atom. The zero-order valence-electron chi connectivity index (χ0n) is 44.9. The first kappa shape index (κ1) is 65.1. The van der Waals surface area contributed by atoms with E-state index in [4.69, 9.17) is 4.74 Å². The van der Waals surface area contributed by atoms with Crippen molar-refractivity contribution in [2.45, 2.75) is 328 Å². The lowest BCUT2D eigenvalue weighted by Crippen LogP contribution is -2.45. The maximum Gasteiger partial charge on any atom is 0.305 e. The first-order valence-corrected chi connectivity index (χ1v) is 29.8. The summed E-state index contributed by atoms with van der Waals surface area (Å²) in [4.78, 5) is 24.4. The number of rotatable bonds is 55. The summed E-state index contributed by atoms with van der Waals surface area (Å²) in [7, 11) is 0. The Hall–Kier alpha value is -1.92. The smallest absolute Gasteiger partial charge is 0.305 e. The molecule has 0 fully saturated rings. The summed E-state index contributed by atoms with van der Waals surface area (Å²) in [6.45, 7) is 4.84. The lowest BCUT2D eigenvalue weighted by molar-refractivity contribution is -0.143. The standard InChI is InChI=1S/C61H115NO5/c1-3-5-7-9-11-13-14-15-32-35-39-43-47-51-55-61(66)67-56-52-48-44-40-36-33-30-28-26-24-22-20-18-16-17-19-21-23-25-27-29-31-34-38-42-46-50-54-60(65)62-58(57-63)59(64)53-49-45-41-37-12-10-8-6-4-2/h9,11,14-15,49,53,58-59,63-64H,3-8,10,12-13,16-48,50-52,54-57H2,1-2H3,(H,62,65)/b11-9-,15-14-,53-49+. The van der Waals surface area contributed by atoms with E-state index < -0.39 is 12.1 Å². The quantitative estimate of drug-likeness (QED) is 0.0321. The Balaban J connectivity index is 3.33. The van der Waals surface area contributed by atoms with Crippen LogP contribution in [0.5, 0.6) is 0 Å². The number of esters is 1. The molecule has 0 saturated heterocycles. The van der Waals surface area contributed by atoms with Crippen molar-refractivity contribution < 1.29 is 24.5 Å². The number of carbonyl (C=O) groups is 2. The van der Waals surface area contributed by atoms with Gasteiger partial charge in [0.05, 0.1) is 25.4 Å². The minimum absolute atomic E-state index is 0.00264. The molecule has 0 saturated carbocycles. The topological polar surface area (TPSA) is 95.9 Å². The molecular formula is C61H115NO5. The lowest BCUT2D eigenvalue weighted by Gasteiger charge is -2.20. The molecule has 394 valence electrons. The molecule has 0 aliphatic heterocycles. The average Bonchev–Trinajstić information content (AvgIpc) is 3.33. The zero-order chi connectivity index (χ0) is 48.6. The summed E-state index contributed by atoms with van der Waals surface area (Å²) in [6.07, 6.45) is 70.5. The largest absolute Gasteiger partial charge is 0.466 e. The van der Waals surface area contributed by atoms with Crippen molar-refractivity contribution in [1.29, 1.82) is 0 Å². The Morgan fingerprint density at radius 1 is 0.418 bits per heavy atom. The molecule has 0 aromatic heterocycles. The van der Waals surface area contributed by atoms with Crippen molar-refractivity contribution in [2.75, 3.05) is 13.2 Å². The fourth-order valence-corrected chi connectivity index (χ4v) is 9.06. The lowest BCUT2D eigenvalue weighted by atomic mass is 10.0. The fourth-order valence-electron chi connectivity index (χ4n) is 9.06. The average molecular weight is 943 g/mol. The second-order valence-corrected chi connectivity index (χ2v) is 20.3. The summed E-state index contributed by atoms with van der Waals surface area (Å²) in [5.41, 5.74) is 0. The van der Waals surface area contributed by atoms with Gasteiger partial charge in [-0.2, -0.15) is 0 Å². The number of carbonyl (C=O) groups excluding carboxylic acids is 2. The van der Waals surface area contributed by atoms with Gasteiger partial charge in [0, 0.05) is 12.8 Å². The van der Waals surface area contributed by atoms with Crippen LogP contribution in [0.1, 0.15) is 316 Å². The van der Waals surface area contributed by atoms with Gasteiger partial charge in [-0.3, -0.25) is 9.59 Å². The predicted molar refractivity (Wildman–Crippen MR) is 292 cm³/mol. The van der Waals surface area contributed by atoms with Crippen LogP contribution in [-0.4, -0.2) is 47.4 Å². The van der Waals surface area contributed by atoms with Gasteiger partial charge < -0.3 is 20.3 Å². The number of nitrogens with one attached hydrogen (secondary N) is 1. The van der Waals surface area contributed by atoms with Crippen LogP contribution in [0.4, 0.5) is 0 Å². The van der Waals surface area contributed by atoms with Crippen LogP contribution in [0, 0.1) is 0 Å². The van der Waals surface area contributed by atoms with Crippen LogP contribution < -0.4 is 5.32 Å². The zero-order valence-corrected chi connectivity index (χ0v) is 44.9. The van der Waals surface area contributed by atoms with E-state index in [2.05, 4.69) is 43.5 Å². The molecule has 0 aliphatic carbocycles. The number of amides is 1. The molecule has 0 aliphatic rings. The summed E-state index contributed by atoms with van der Waals surface area (Å²) < 4.78 is 5.47. The van der Waals surface area contributed by atoms with E-state index in [1.807, 2.05) is 6.08 Å². The SMILES string of the molecule is CCCC/C=C\C/C=C\CCCCCCCC(=O)OCCCCCCCCCCCCCCCCCCCCCCCCCCCCCC(=O)NC(CO)C(O)/C=C/CCCCCCCCC. The van der Waals surface area contributed by atoms with E-state index in [0.29, 0.717) is 19.4 Å². The molecule has 67 heavy (non-hydrogen) atoms. The molecule has 0 heterocycles. The molecule has 6 nitrogen and oxygen atoms in total. The first-order chi connectivity index (χ1) is 33.0. The van der Waals surface area contributed by atoms with E-state index in [1.54, 1.807) is 6.08 Å². The van der Waals surface area contributed by atoms with E-state index in [-0.39, 0.29) is 18.5 Å². The van der Waals surface area contributed by atoms with Crippen LogP contribution in [0.25, 0.3) is 0 Å². The van der Waals surface area contributed by atoms with Gasteiger partial charge in [-0.1, -0.05) is 281 Å². The van der Waals surface area contributed by atoms with E-state index in [1.165, 1.54) is 238 Å². The molecule has 0 bridgehead atoms. The van der Waals surface area contributed by atoms with Crippen LogP contribution >= 0.6 is 0 Å². The summed E-state index contributed by atoms with van der Waals surface area (Å²) >= 11 is 0. The summed E-state index contributed by atoms with van der Waals surface area (Å²) in [5, 5.41) is 22.9. The molecule has 0 spiro atoms. The van der Waals surface area contributed by atoms with Crippen molar-refractivity contribution >= 4 is 11.9 Å². The molecule has 0 rings (SSSR count). The monoisotopic (exact) mass is 942 g/mol. The summed E-state index contributed by atoms with van der Waals surface area (Å²) in [6, 6.07) is -0.623. The van der Waals surface area contributed by atoms with E-state index in [0.717, 1.165) is 51.4 Å². The molecule has 3 N–H and O–H groups in total.